The smallest absolute Gasteiger partial charge is 0.00257 e. The van der Waals surface area contributed by atoms with Gasteiger partial charge >= 0.3 is 0 Å². The van der Waals surface area contributed by atoms with Gasteiger partial charge in [0, 0.05) is 19.6 Å². The molecule has 2 atom stereocenters. The SMILES string of the molecule is C=C(C)CCN1CC2CNCC2C1. The Kier molecular flexibility index (Phi) is 2.70. The summed E-state index contributed by atoms with van der Waals surface area (Å²) >= 11 is 0. The Morgan fingerprint density at radius 3 is 2.54 bits per heavy atom. The first-order valence-corrected chi connectivity index (χ1v) is 5.33. The highest BCUT2D eigenvalue weighted by atomic mass is 15.2. The van der Waals surface area contributed by atoms with Gasteiger partial charge in [-0.05, 0) is 38.3 Å². The molecule has 2 saturated heterocycles. The molecule has 13 heavy (non-hydrogen) atoms. The lowest BCUT2D eigenvalue weighted by molar-refractivity contribution is 0.317. The predicted octanol–water partition coefficient (Wildman–Crippen LogP) is 1.10. The third-order valence-electron chi connectivity index (χ3n) is 3.32. The molecule has 0 saturated carbocycles. The summed E-state index contributed by atoms with van der Waals surface area (Å²) in [4.78, 5) is 2.60. The lowest BCUT2D eigenvalue weighted by Crippen LogP contribution is -2.26. The zero-order valence-corrected chi connectivity index (χ0v) is 8.55. The van der Waals surface area contributed by atoms with Gasteiger partial charge in [0.1, 0.15) is 0 Å². The van der Waals surface area contributed by atoms with Gasteiger partial charge in [-0.2, -0.15) is 0 Å². The van der Waals surface area contributed by atoms with E-state index in [4.69, 9.17) is 0 Å². The van der Waals surface area contributed by atoms with Crippen LogP contribution in [0.4, 0.5) is 0 Å². The van der Waals surface area contributed by atoms with Crippen LogP contribution >= 0.6 is 0 Å². The van der Waals surface area contributed by atoms with Crippen LogP contribution in [0.25, 0.3) is 0 Å². The zero-order chi connectivity index (χ0) is 9.26. The van der Waals surface area contributed by atoms with Crippen molar-refractivity contribution in [2.24, 2.45) is 11.8 Å². The summed E-state index contributed by atoms with van der Waals surface area (Å²) in [6.45, 7) is 12.4. The number of fused-ring (bicyclic) bond motifs is 1. The molecule has 1 N–H and O–H groups in total. The number of nitrogens with one attached hydrogen (secondary N) is 1. The minimum absolute atomic E-state index is 0.935. The van der Waals surface area contributed by atoms with Gasteiger partial charge in [-0.1, -0.05) is 5.57 Å². The second-order valence-corrected chi connectivity index (χ2v) is 4.65. The van der Waals surface area contributed by atoms with Crippen molar-refractivity contribution >= 4 is 0 Å². The molecule has 2 aliphatic heterocycles. The molecule has 74 valence electrons. The fraction of sp³-hybridized carbons (Fsp3) is 0.818. The average molecular weight is 180 g/mol. The third kappa shape index (κ3) is 2.12. The van der Waals surface area contributed by atoms with Crippen molar-refractivity contribution in [3.63, 3.8) is 0 Å². The van der Waals surface area contributed by atoms with Crippen LogP contribution in [0, 0.1) is 11.8 Å². The maximum atomic E-state index is 3.95. The Hall–Kier alpha value is -0.340. The average Bonchev–Trinajstić information content (AvgIpc) is 2.58. The van der Waals surface area contributed by atoms with E-state index in [0.717, 1.165) is 11.8 Å². The van der Waals surface area contributed by atoms with E-state index in [-0.39, 0.29) is 0 Å². The second-order valence-electron chi connectivity index (χ2n) is 4.65. The van der Waals surface area contributed by atoms with Crippen molar-refractivity contribution in [1.29, 1.82) is 0 Å². The Bertz CT molecular complexity index is 188. The van der Waals surface area contributed by atoms with E-state index in [1.54, 1.807) is 0 Å². The molecule has 2 nitrogen and oxygen atoms in total. The normalized spacial score (nSPS) is 33.6. The molecule has 0 radical (unpaired) electrons. The number of hydrogen-bond acceptors (Lipinski definition) is 2. The van der Waals surface area contributed by atoms with Crippen LogP contribution in [0.15, 0.2) is 12.2 Å². The van der Waals surface area contributed by atoms with Crippen molar-refractivity contribution in [2.75, 3.05) is 32.7 Å². The maximum Gasteiger partial charge on any atom is 0.00257 e. The minimum Gasteiger partial charge on any atom is -0.316 e. The van der Waals surface area contributed by atoms with Crippen molar-refractivity contribution in [1.82, 2.24) is 10.2 Å². The van der Waals surface area contributed by atoms with Crippen molar-refractivity contribution in [3.8, 4) is 0 Å². The Morgan fingerprint density at radius 1 is 1.38 bits per heavy atom. The first kappa shape index (κ1) is 9.22. The van der Waals surface area contributed by atoms with Crippen LogP contribution in [0.2, 0.25) is 0 Å². The molecule has 0 aromatic rings. The molecule has 2 heterocycles. The molecule has 0 bridgehead atoms. The van der Waals surface area contributed by atoms with E-state index in [1.807, 2.05) is 0 Å². The van der Waals surface area contributed by atoms with Crippen molar-refractivity contribution in [3.05, 3.63) is 12.2 Å². The van der Waals surface area contributed by atoms with Crippen LogP contribution in [0.3, 0.4) is 0 Å². The fourth-order valence-corrected chi connectivity index (χ4v) is 2.48. The first-order chi connectivity index (χ1) is 6.25. The first-order valence-electron chi connectivity index (χ1n) is 5.33. The highest BCUT2D eigenvalue weighted by Crippen LogP contribution is 2.26. The number of likely N-dealkylation sites (tertiary alicyclic amines) is 1. The van der Waals surface area contributed by atoms with Crippen LogP contribution < -0.4 is 5.32 Å². The quantitative estimate of drug-likeness (QED) is 0.654. The van der Waals surface area contributed by atoms with E-state index in [2.05, 4.69) is 23.7 Å². The van der Waals surface area contributed by atoms with Crippen LogP contribution in [0.1, 0.15) is 13.3 Å². The van der Waals surface area contributed by atoms with Gasteiger partial charge in [0.2, 0.25) is 0 Å². The molecule has 2 rings (SSSR count). The number of rotatable bonds is 3. The monoisotopic (exact) mass is 180 g/mol. The van der Waals surface area contributed by atoms with Gasteiger partial charge in [-0.15, -0.1) is 6.58 Å². The summed E-state index contributed by atoms with van der Waals surface area (Å²) in [5, 5.41) is 3.47. The lowest BCUT2D eigenvalue weighted by atomic mass is 10.0. The fourth-order valence-electron chi connectivity index (χ4n) is 2.48. The lowest BCUT2D eigenvalue weighted by Gasteiger charge is -2.16. The second kappa shape index (κ2) is 3.81. The number of hydrogen-bond donors (Lipinski definition) is 1. The Balaban J connectivity index is 1.75. The molecule has 0 amide bonds. The highest BCUT2D eigenvalue weighted by Gasteiger charge is 2.35. The van der Waals surface area contributed by atoms with Gasteiger partial charge in [0.05, 0.1) is 0 Å². The summed E-state index contributed by atoms with van der Waals surface area (Å²) in [5.74, 6) is 1.87. The largest absolute Gasteiger partial charge is 0.316 e. The van der Waals surface area contributed by atoms with Crippen LogP contribution in [-0.2, 0) is 0 Å². The number of nitrogens with zero attached hydrogens (tertiary/aromatic N) is 1. The van der Waals surface area contributed by atoms with E-state index in [9.17, 15) is 0 Å². The summed E-state index contributed by atoms with van der Waals surface area (Å²) in [5.41, 5.74) is 1.31. The van der Waals surface area contributed by atoms with Crippen molar-refractivity contribution < 1.29 is 0 Å². The highest BCUT2D eigenvalue weighted by molar-refractivity contribution is 4.94. The molecule has 0 aromatic heterocycles. The molecule has 0 aromatic carbocycles. The molecule has 2 heteroatoms. The predicted molar refractivity (Wildman–Crippen MR) is 55.7 cm³/mol. The maximum absolute atomic E-state index is 3.95. The molecule has 0 aliphatic carbocycles. The third-order valence-corrected chi connectivity index (χ3v) is 3.32. The molecule has 2 unspecified atom stereocenters. The topological polar surface area (TPSA) is 15.3 Å². The minimum atomic E-state index is 0.935. The van der Waals surface area contributed by atoms with Gasteiger partial charge in [0.15, 0.2) is 0 Å². The summed E-state index contributed by atoms with van der Waals surface area (Å²) in [6, 6.07) is 0. The van der Waals surface area contributed by atoms with E-state index in [0.29, 0.717) is 0 Å². The van der Waals surface area contributed by atoms with E-state index >= 15 is 0 Å². The van der Waals surface area contributed by atoms with Crippen LogP contribution in [-0.4, -0.2) is 37.6 Å². The molecule has 2 fully saturated rings. The molecule has 2 aliphatic rings. The van der Waals surface area contributed by atoms with Crippen molar-refractivity contribution in [2.45, 2.75) is 13.3 Å². The van der Waals surface area contributed by atoms with Gasteiger partial charge in [-0.3, -0.25) is 0 Å². The molecular weight excluding hydrogens is 160 g/mol. The zero-order valence-electron chi connectivity index (χ0n) is 8.55. The summed E-state index contributed by atoms with van der Waals surface area (Å²) in [6.07, 6.45) is 1.17. The van der Waals surface area contributed by atoms with E-state index in [1.165, 1.54) is 44.7 Å². The van der Waals surface area contributed by atoms with Gasteiger partial charge < -0.3 is 10.2 Å². The molecule has 0 spiro atoms. The molecular formula is C11H20N2. The Morgan fingerprint density at radius 2 is 2.00 bits per heavy atom. The van der Waals surface area contributed by atoms with E-state index < -0.39 is 0 Å². The standard InChI is InChI=1S/C11H20N2/c1-9(2)3-4-13-7-10-5-12-6-11(10)8-13/h10-12H,1,3-8H2,2H3. The van der Waals surface area contributed by atoms with Crippen LogP contribution in [0.5, 0.6) is 0 Å². The van der Waals surface area contributed by atoms with Gasteiger partial charge in [0.25, 0.3) is 0 Å². The summed E-state index contributed by atoms with van der Waals surface area (Å²) < 4.78 is 0. The van der Waals surface area contributed by atoms with Gasteiger partial charge in [-0.25, -0.2) is 0 Å². The summed E-state index contributed by atoms with van der Waals surface area (Å²) in [7, 11) is 0. The Labute approximate surface area is 81.0 Å².